The second-order valence-electron chi connectivity index (χ2n) is 15.2. The fourth-order valence-electron chi connectivity index (χ4n) is 10.8. The lowest BCUT2D eigenvalue weighted by atomic mass is 9.43. The number of rotatable bonds is 9. The van der Waals surface area contributed by atoms with Gasteiger partial charge in [0.05, 0.1) is 6.10 Å². The van der Waals surface area contributed by atoms with Crippen molar-refractivity contribution in [1.82, 2.24) is 5.32 Å². The van der Waals surface area contributed by atoms with Crippen molar-refractivity contribution < 1.29 is 14.3 Å². The topological polar surface area (TPSA) is 99.6 Å². The van der Waals surface area contributed by atoms with Gasteiger partial charge in [-0.05, 0) is 154 Å². The van der Waals surface area contributed by atoms with Crippen molar-refractivity contribution in [1.29, 1.82) is 0 Å². The predicted octanol–water partition coefficient (Wildman–Crippen LogP) is 7.87. The number of carbonyl (C=O) groups is 1. The Morgan fingerprint density at radius 2 is 1.45 bits per heavy atom. The maximum Gasteiger partial charge on any atom is 0.219 e. The second-order valence-corrected chi connectivity index (χ2v) is 15.2. The third-order valence-corrected chi connectivity index (χ3v) is 12.9. The van der Waals surface area contributed by atoms with Crippen molar-refractivity contribution in [3.63, 3.8) is 0 Å². The van der Waals surface area contributed by atoms with E-state index in [1.807, 2.05) is 55.5 Å². The molecule has 1 amide bonds. The highest BCUT2D eigenvalue weighted by Gasteiger charge is 2.63. The summed E-state index contributed by atoms with van der Waals surface area (Å²) in [5.74, 6) is 5.84. The second kappa shape index (κ2) is 12.5. The third-order valence-electron chi connectivity index (χ3n) is 12.9. The number of fused-ring (bicyclic) bond motifs is 5. The minimum absolute atomic E-state index is 0.152. The summed E-state index contributed by atoms with van der Waals surface area (Å²) >= 11 is 0. The van der Waals surface area contributed by atoms with Crippen LogP contribution in [-0.2, 0) is 4.79 Å². The van der Waals surface area contributed by atoms with E-state index in [1.165, 1.54) is 32.1 Å². The number of hydrogen-bond donors (Lipinski definition) is 3. The first-order valence-corrected chi connectivity index (χ1v) is 17.4. The Morgan fingerprint density at radius 3 is 2.11 bits per heavy atom. The molecule has 0 aromatic heterocycles. The molecule has 44 heavy (non-hydrogen) atoms. The minimum Gasteiger partial charge on any atom is -0.490 e. The van der Waals surface area contributed by atoms with Gasteiger partial charge in [-0.1, -0.05) is 20.8 Å². The molecule has 0 heterocycles. The Balaban J connectivity index is 1.23. The van der Waals surface area contributed by atoms with Crippen molar-refractivity contribution in [2.45, 2.75) is 104 Å². The van der Waals surface area contributed by atoms with Crippen molar-refractivity contribution in [2.75, 3.05) is 18.0 Å². The van der Waals surface area contributed by atoms with Gasteiger partial charge in [0.25, 0.3) is 0 Å². The first-order chi connectivity index (χ1) is 21.1. The molecule has 2 aromatic carbocycles. The zero-order valence-corrected chi connectivity index (χ0v) is 27.4. The number of nitrogen functional groups attached to an aromatic ring is 2. The number of benzene rings is 2. The highest BCUT2D eigenvalue weighted by atomic mass is 16.5. The van der Waals surface area contributed by atoms with Crippen molar-refractivity contribution >= 4 is 17.3 Å². The number of amides is 1. The Bertz CT molecular complexity index is 1280. The molecule has 6 heteroatoms. The average Bonchev–Trinajstić information content (AvgIpc) is 3.36. The molecule has 4 fully saturated rings. The van der Waals surface area contributed by atoms with Crippen LogP contribution in [0.15, 0.2) is 48.5 Å². The van der Waals surface area contributed by atoms with E-state index in [-0.39, 0.29) is 23.5 Å². The van der Waals surface area contributed by atoms with Gasteiger partial charge in [-0.2, -0.15) is 0 Å². The van der Waals surface area contributed by atoms with Crippen molar-refractivity contribution in [2.24, 2.45) is 46.3 Å². The van der Waals surface area contributed by atoms with Gasteiger partial charge >= 0.3 is 0 Å². The minimum atomic E-state index is 0.152. The lowest BCUT2D eigenvalue weighted by Gasteiger charge is -2.63. The van der Waals surface area contributed by atoms with Gasteiger partial charge in [0, 0.05) is 30.3 Å². The largest absolute Gasteiger partial charge is 0.490 e. The summed E-state index contributed by atoms with van der Waals surface area (Å²) in [6.45, 7) is 10.3. The number of anilines is 2. The summed E-state index contributed by atoms with van der Waals surface area (Å²) in [6.07, 6.45) is 11.6. The van der Waals surface area contributed by atoms with Gasteiger partial charge < -0.3 is 26.3 Å². The monoisotopic (exact) mass is 601 g/mol. The Labute approximate surface area is 265 Å². The van der Waals surface area contributed by atoms with Crippen LogP contribution in [0.5, 0.6) is 11.5 Å². The van der Waals surface area contributed by atoms with Crippen molar-refractivity contribution in [3.05, 3.63) is 48.5 Å². The summed E-state index contributed by atoms with van der Waals surface area (Å²) in [5, 5.41) is 3.00. The molecule has 6 nitrogen and oxygen atoms in total. The first kappa shape index (κ1) is 31.1. The fourth-order valence-corrected chi connectivity index (χ4v) is 10.8. The van der Waals surface area contributed by atoms with Gasteiger partial charge in [0.2, 0.25) is 5.91 Å². The number of hydrogen-bond acceptors (Lipinski definition) is 5. The van der Waals surface area contributed by atoms with E-state index in [9.17, 15) is 4.79 Å². The lowest BCUT2D eigenvalue weighted by Crippen LogP contribution is -2.59. The SMILES string of the molecule is CCNC(=O)CC[C@@H](C)[C@H]1CC[C@H]2[C@@H]3CC(Oc4ccc(N)cc4)C4CC(Oc5ccc(N)cc5)CC[C@]4(C)[C@H]3CC[C@]12C. The molecule has 3 unspecified atom stereocenters. The van der Waals surface area contributed by atoms with E-state index >= 15 is 0 Å². The summed E-state index contributed by atoms with van der Waals surface area (Å²) in [5.41, 5.74) is 14.1. The number of nitrogens with one attached hydrogen (secondary N) is 1. The van der Waals surface area contributed by atoms with Crippen molar-refractivity contribution in [3.8, 4) is 11.5 Å². The summed E-state index contributed by atoms with van der Waals surface area (Å²) in [6, 6.07) is 15.8. The molecule has 6 rings (SSSR count). The van der Waals surface area contributed by atoms with Crippen LogP contribution >= 0.6 is 0 Å². The molecular weight excluding hydrogens is 546 g/mol. The fraction of sp³-hybridized carbons (Fsp3) is 0.658. The smallest absolute Gasteiger partial charge is 0.219 e. The molecule has 4 aliphatic rings. The third kappa shape index (κ3) is 5.90. The quantitative estimate of drug-likeness (QED) is 0.254. The molecule has 2 aromatic rings. The van der Waals surface area contributed by atoms with E-state index in [1.54, 1.807) is 0 Å². The molecule has 0 radical (unpaired) electrons. The van der Waals surface area contributed by atoms with Crippen LogP contribution in [0.3, 0.4) is 0 Å². The number of ether oxygens (including phenoxy) is 2. The van der Waals surface area contributed by atoms with E-state index < -0.39 is 0 Å². The van der Waals surface area contributed by atoms with E-state index in [0.717, 1.165) is 60.4 Å². The predicted molar refractivity (Wildman–Crippen MR) is 178 cm³/mol. The normalized spacial score (nSPS) is 36.8. The van der Waals surface area contributed by atoms with Crippen LogP contribution in [0.4, 0.5) is 11.4 Å². The maximum atomic E-state index is 12.3. The molecule has 0 spiro atoms. The summed E-state index contributed by atoms with van der Waals surface area (Å²) < 4.78 is 13.6. The molecule has 5 N–H and O–H groups in total. The van der Waals surface area contributed by atoms with E-state index in [0.29, 0.717) is 42.1 Å². The zero-order chi connectivity index (χ0) is 31.1. The molecule has 4 aliphatic carbocycles. The van der Waals surface area contributed by atoms with Crippen LogP contribution in [0.2, 0.25) is 0 Å². The molecule has 4 saturated carbocycles. The van der Waals surface area contributed by atoms with Crippen LogP contribution < -0.4 is 26.3 Å². The Morgan fingerprint density at radius 1 is 0.841 bits per heavy atom. The molecule has 0 bridgehead atoms. The van der Waals surface area contributed by atoms with Gasteiger partial charge in [0.1, 0.15) is 17.6 Å². The zero-order valence-electron chi connectivity index (χ0n) is 27.4. The van der Waals surface area contributed by atoms with Crippen LogP contribution in [0.1, 0.15) is 91.9 Å². The molecule has 10 atom stereocenters. The molecule has 240 valence electrons. The molecule has 0 saturated heterocycles. The summed E-state index contributed by atoms with van der Waals surface area (Å²) in [7, 11) is 0. The molecule has 0 aliphatic heterocycles. The standard InChI is InChI=1S/C38H55N3O3/c1-5-41-36(42)17-6-24(2)31-15-16-32-30-23-35(44-28-13-9-26(40)10-14-28)34-22-29(43-27-11-7-25(39)8-12-27)18-20-38(34,4)33(30)19-21-37(31,32)3/h7-14,24,29-35H,5-6,15-23,39-40H2,1-4H3,(H,41,42)/t24-,29?,30+,31-,32+,33+,34?,35?,37-,38-/m1/s1. The van der Waals surface area contributed by atoms with E-state index in [4.69, 9.17) is 20.9 Å². The summed E-state index contributed by atoms with van der Waals surface area (Å²) in [4.78, 5) is 12.3. The van der Waals surface area contributed by atoms with Gasteiger partial charge in [-0.15, -0.1) is 0 Å². The number of carbonyl (C=O) groups excluding carboxylic acids is 1. The van der Waals surface area contributed by atoms with Gasteiger partial charge in [-0.25, -0.2) is 0 Å². The van der Waals surface area contributed by atoms with Gasteiger partial charge in [0.15, 0.2) is 0 Å². The van der Waals surface area contributed by atoms with Crippen LogP contribution in [0, 0.1) is 46.3 Å². The molecular formula is C38H55N3O3. The highest BCUT2D eigenvalue weighted by Crippen LogP contribution is 2.68. The Kier molecular flexibility index (Phi) is 8.82. The van der Waals surface area contributed by atoms with Crippen LogP contribution in [-0.4, -0.2) is 24.7 Å². The lowest BCUT2D eigenvalue weighted by molar-refractivity contribution is -0.164. The maximum absolute atomic E-state index is 12.3. The average molecular weight is 602 g/mol. The highest BCUT2D eigenvalue weighted by molar-refractivity contribution is 5.75. The number of nitrogens with two attached hydrogens (primary N) is 2. The Hall–Kier alpha value is -2.89. The van der Waals surface area contributed by atoms with E-state index in [2.05, 4.69) is 26.1 Å². The van der Waals surface area contributed by atoms with Crippen LogP contribution in [0.25, 0.3) is 0 Å². The van der Waals surface area contributed by atoms with Gasteiger partial charge in [-0.3, -0.25) is 4.79 Å². The first-order valence-electron chi connectivity index (χ1n) is 17.4.